The molecule has 0 radical (unpaired) electrons. The number of carboxylic acid groups (broad SMARTS) is 1. The Kier molecular flexibility index (Phi) is 19.5. The SMILES string of the molecule is CC(=O)O.CC/C=C/C/C=C/C/C=C/CCCCCCCC1=NCCN1CCN. The van der Waals surface area contributed by atoms with Crippen LogP contribution in [0.4, 0.5) is 0 Å². The van der Waals surface area contributed by atoms with E-state index in [-0.39, 0.29) is 0 Å². The van der Waals surface area contributed by atoms with Gasteiger partial charge < -0.3 is 15.7 Å². The van der Waals surface area contributed by atoms with Crippen LogP contribution in [0.3, 0.4) is 0 Å². The molecule has 0 fully saturated rings. The molecule has 0 aromatic heterocycles. The predicted octanol–water partition coefficient (Wildman–Crippen LogP) is 5.34. The van der Waals surface area contributed by atoms with Crippen molar-refractivity contribution in [2.24, 2.45) is 10.7 Å². The molecule has 0 amide bonds. The van der Waals surface area contributed by atoms with Crippen LogP contribution in [0.5, 0.6) is 0 Å². The standard InChI is InChI=1S/C22H39N3.C2H4O2/c1-2-3-4-5-6-7-8-9-10-11-12-13-14-15-16-17-22-24-19-21-25(22)20-18-23;1-2(3)4/h3-4,6-7,9-10H,2,5,8,11-21,23H2,1H3;1H3,(H,3,4)/b4-3+,7-6+,10-9+;. The summed E-state index contributed by atoms with van der Waals surface area (Å²) in [4.78, 5) is 16.0. The third-order valence-corrected chi connectivity index (χ3v) is 4.48. The van der Waals surface area contributed by atoms with Gasteiger partial charge in [-0.3, -0.25) is 9.79 Å². The van der Waals surface area contributed by atoms with Gasteiger partial charge in [-0.2, -0.15) is 0 Å². The van der Waals surface area contributed by atoms with E-state index in [1.807, 2.05) is 0 Å². The highest BCUT2D eigenvalue weighted by Gasteiger charge is 2.14. The van der Waals surface area contributed by atoms with Gasteiger partial charge in [0.25, 0.3) is 5.97 Å². The molecular weight excluding hydrogens is 362 g/mol. The van der Waals surface area contributed by atoms with E-state index in [9.17, 15) is 0 Å². The van der Waals surface area contributed by atoms with E-state index >= 15 is 0 Å². The first-order valence-corrected chi connectivity index (χ1v) is 11.2. The van der Waals surface area contributed by atoms with Crippen LogP contribution >= 0.6 is 0 Å². The van der Waals surface area contributed by atoms with E-state index in [1.54, 1.807) is 0 Å². The molecule has 5 heteroatoms. The molecule has 0 saturated heterocycles. The number of carboxylic acids is 1. The molecule has 0 aromatic carbocycles. The van der Waals surface area contributed by atoms with Crippen molar-refractivity contribution in [1.29, 1.82) is 0 Å². The van der Waals surface area contributed by atoms with Crippen LogP contribution in [0.2, 0.25) is 0 Å². The molecule has 0 atom stereocenters. The lowest BCUT2D eigenvalue weighted by Crippen LogP contribution is -2.32. The average Bonchev–Trinajstić information content (AvgIpc) is 3.12. The molecule has 1 rings (SSSR count). The molecule has 0 saturated carbocycles. The number of rotatable bonds is 15. The molecule has 1 aliphatic heterocycles. The maximum Gasteiger partial charge on any atom is 0.300 e. The van der Waals surface area contributed by atoms with Crippen molar-refractivity contribution in [1.82, 2.24) is 4.90 Å². The Bertz CT molecular complexity index is 506. The summed E-state index contributed by atoms with van der Waals surface area (Å²) in [5.74, 6) is 0.464. The zero-order valence-corrected chi connectivity index (χ0v) is 18.7. The largest absolute Gasteiger partial charge is 0.481 e. The first kappa shape index (κ1) is 27.1. The van der Waals surface area contributed by atoms with Crippen molar-refractivity contribution in [2.75, 3.05) is 26.2 Å². The number of hydrogen-bond donors (Lipinski definition) is 2. The Morgan fingerprint density at radius 2 is 1.62 bits per heavy atom. The molecule has 0 spiro atoms. The monoisotopic (exact) mass is 405 g/mol. The summed E-state index contributed by atoms with van der Waals surface area (Å²) in [6, 6.07) is 0. The van der Waals surface area contributed by atoms with E-state index in [2.05, 4.69) is 53.3 Å². The molecule has 0 bridgehead atoms. The minimum absolute atomic E-state index is 0.734. The second-order valence-corrected chi connectivity index (χ2v) is 7.19. The van der Waals surface area contributed by atoms with E-state index < -0.39 is 5.97 Å². The van der Waals surface area contributed by atoms with E-state index in [1.165, 1.54) is 44.4 Å². The Balaban J connectivity index is 0.00000178. The second-order valence-electron chi connectivity index (χ2n) is 7.19. The van der Waals surface area contributed by atoms with Crippen LogP contribution in [-0.2, 0) is 4.79 Å². The zero-order chi connectivity index (χ0) is 21.6. The maximum atomic E-state index is 9.00. The molecule has 29 heavy (non-hydrogen) atoms. The van der Waals surface area contributed by atoms with Gasteiger partial charge in [0.2, 0.25) is 0 Å². The van der Waals surface area contributed by atoms with Gasteiger partial charge >= 0.3 is 0 Å². The predicted molar refractivity (Wildman–Crippen MR) is 126 cm³/mol. The van der Waals surface area contributed by atoms with Crippen LogP contribution < -0.4 is 5.73 Å². The van der Waals surface area contributed by atoms with Crippen LogP contribution in [0.15, 0.2) is 41.4 Å². The first-order valence-electron chi connectivity index (χ1n) is 11.2. The molecule has 166 valence electrons. The molecule has 0 aromatic rings. The number of carbonyl (C=O) groups is 1. The third kappa shape index (κ3) is 19.2. The van der Waals surface area contributed by atoms with Crippen LogP contribution in [0.1, 0.15) is 78.1 Å². The lowest BCUT2D eigenvalue weighted by atomic mass is 10.1. The van der Waals surface area contributed by atoms with Crippen molar-refractivity contribution >= 4 is 11.8 Å². The van der Waals surface area contributed by atoms with Gasteiger partial charge in [0.1, 0.15) is 0 Å². The van der Waals surface area contributed by atoms with Crippen LogP contribution in [-0.4, -0.2) is 48.0 Å². The topological polar surface area (TPSA) is 78.9 Å². The summed E-state index contributed by atoms with van der Waals surface area (Å²) in [7, 11) is 0. The van der Waals surface area contributed by atoms with Gasteiger partial charge in [-0.25, -0.2) is 0 Å². The average molecular weight is 406 g/mol. The van der Waals surface area contributed by atoms with Gasteiger partial charge in [0.05, 0.1) is 12.4 Å². The van der Waals surface area contributed by atoms with Crippen molar-refractivity contribution < 1.29 is 9.90 Å². The molecule has 1 heterocycles. The number of aliphatic imine (C=N–C) groups is 1. The summed E-state index contributed by atoms with van der Waals surface area (Å²) in [6.45, 7) is 6.99. The van der Waals surface area contributed by atoms with E-state index in [0.717, 1.165) is 58.8 Å². The van der Waals surface area contributed by atoms with Gasteiger partial charge in [-0.1, -0.05) is 62.6 Å². The quantitative estimate of drug-likeness (QED) is 0.285. The zero-order valence-electron chi connectivity index (χ0n) is 18.7. The smallest absolute Gasteiger partial charge is 0.300 e. The van der Waals surface area contributed by atoms with Gasteiger partial charge in [-0.05, 0) is 38.5 Å². The Labute approximate surface area is 178 Å². The maximum absolute atomic E-state index is 9.00. The minimum Gasteiger partial charge on any atom is -0.481 e. The summed E-state index contributed by atoms with van der Waals surface area (Å²) < 4.78 is 0. The fourth-order valence-corrected chi connectivity index (χ4v) is 3.06. The minimum atomic E-state index is -0.833. The normalized spacial score (nSPS) is 14.0. The van der Waals surface area contributed by atoms with Gasteiger partial charge in [0, 0.05) is 33.0 Å². The van der Waals surface area contributed by atoms with Crippen molar-refractivity contribution in [3.05, 3.63) is 36.5 Å². The number of nitrogens with two attached hydrogens (primary N) is 1. The Morgan fingerprint density at radius 3 is 2.28 bits per heavy atom. The lowest BCUT2D eigenvalue weighted by Gasteiger charge is -2.19. The van der Waals surface area contributed by atoms with E-state index in [4.69, 9.17) is 15.6 Å². The fraction of sp³-hybridized carbons (Fsp3) is 0.667. The van der Waals surface area contributed by atoms with Crippen molar-refractivity contribution in [3.63, 3.8) is 0 Å². The van der Waals surface area contributed by atoms with Gasteiger partial charge in [-0.15, -0.1) is 0 Å². The highest BCUT2D eigenvalue weighted by Crippen LogP contribution is 2.12. The third-order valence-electron chi connectivity index (χ3n) is 4.48. The Morgan fingerprint density at radius 1 is 1.03 bits per heavy atom. The number of hydrogen-bond acceptors (Lipinski definition) is 4. The highest BCUT2D eigenvalue weighted by molar-refractivity contribution is 5.83. The summed E-state index contributed by atoms with van der Waals surface area (Å²) in [5.41, 5.74) is 5.65. The number of amidine groups is 1. The van der Waals surface area contributed by atoms with E-state index in [0.29, 0.717) is 0 Å². The summed E-state index contributed by atoms with van der Waals surface area (Å²) in [6.07, 6.45) is 25.8. The van der Waals surface area contributed by atoms with Crippen molar-refractivity contribution in [2.45, 2.75) is 78.1 Å². The van der Waals surface area contributed by atoms with Crippen LogP contribution in [0, 0.1) is 0 Å². The summed E-state index contributed by atoms with van der Waals surface area (Å²) >= 11 is 0. The highest BCUT2D eigenvalue weighted by atomic mass is 16.4. The summed E-state index contributed by atoms with van der Waals surface area (Å²) in [5, 5.41) is 7.42. The Hall–Kier alpha value is -1.88. The first-order chi connectivity index (χ1) is 14.1. The van der Waals surface area contributed by atoms with Crippen molar-refractivity contribution in [3.8, 4) is 0 Å². The molecular formula is C24H43N3O2. The fourth-order valence-electron chi connectivity index (χ4n) is 3.06. The molecule has 5 nitrogen and oxygen atoms in total. The molecule has 0 aliphatic carbocycles. The molecule has 1 aliphatic rings. The lowest BCUT2D eigenvalue weighted by molar-refractivity contribution is -0.134. The molecule has 0 unspecified atom stereocenters. The number of nitrogens with zero attached hydrogens (tertiary/aromatic N) is 2. The number of aliphatic carboxylic acids is 1. The van der Waals surface area contributed by atoms with Gasteiger partial charge in [0.15, 0.2) is 0 Å². The van der Waals surface area contributed by atoms with Crippen LogP contribution in [0.25, 0.3) is 0 Å². The molecule has 3 N–H and O–H groups in total. The number of unbranched alkanes of at least 4 members (excludes halogenated alkanes) is 5. The number of allylic oxidation sites excluding steroid dienone is 6. The second kappa shape index (κ2) is 20.8.